The first-order valence-corrected chi connectivity index (χ1v) is 7.80. The number of nitrogens with one attached hydrogen (secondary N) is 1. The number of amides is 1. The van der Waals surface area contributed by atoms with Gasteiger partial charge in [0.25, 0.3) is 5.91 Å². The maximum atomic E-state index is 13.0. The number of carbonyl (C=O) groups is 1. The van der Waals surface area contributed by atoms with Crippen LogP contribution in [0.4, 0.5) is 10.1 Å². The van der Waals surface area contributed by atoms with Gasteiger partial charge < -0.3 is 10.1 Å². The molecule has 0 radical (unpaired) electrons. The molecule has 6 nitrogen and oxygen atoms in total. The Morgan fingerprint density at radius 2 is 1.84 bits per heavy atom. The van der Waals surface area contributed by atoms with Gasteiger partial charge in [0.2, 0.25) is 5.82 Å². The quantitative estimate of drug-likeness (QED) is 0.773. The molecule has 7 heteroatoms. The fourth-order valence-corrected chi connectivity index (χ4v) is 2.30. The van der Waals surface area contributed by atoms with Crippen LogP contribution < -0.4 is 10.1 Å². The summed E-state index contributed by atoms with van der Waals surface area (Å²) in [6, 6.07) is 12.8. The third-order valence-corrected chi connectivity index (χ3v) is 3.47. The highest BCUT2D eigenvalue weighted by Crippen LogP contribution is 2.16. The Labute approximate surface area is 144 Å². The Morgan fingerprint density at radius 1 is 1.16 bits per heavy atom. The smallest absolute Gasteiger partial charge is 0.295 e. The number of carbonyl (C=O) groups excluding carboxylic acids is 1. The van der Waals surface area contributed by atoms with Gasteiger partial charge in [0.05, 0.1) is 12.3 Å². The van der Waals surface area contributed by atoms with E-state index in [2.05, 4.69) is 15.4 Å². The Bertz CT molecular complexity index is 873. The standard InChI is InChI=1S/C18H17FN4O2/c1-3-25-16-10-6-14(7-11-16)21-18(24)17-20-12(2)23(22-17)15-8-4-13(19)5-9-15/h4-11H,3H2,1-2H3,(H,21,24). The lowest BCUT2D eigenvalue weighted by molar-refractivity contribution is 0.101. The normalized spacial score (nSPS) is 10.5. The molecule has 2 aromatic carbocycles. The Kier molecular flexibility index (Phi) is 4.74. The van der Waals surface area contributed by atoms with Crippen molar-refractivity contribution in [3.8, 4) is 11.4 Å². The second-order valence-electron chi connectivity index (χ2n) is 5.28. The first-order chi connectivity index (χ1) is 12.1. The number of ether oxygens (including phenoxy) is 1. The van der Waals surface area contributed by atoms with E-state index in [1.165, 1.54) is 16.8 Å². The molecule has 3 aromatic rings. The van der Waals surface area contributed by atoms with Crippen molar-refractivity contribution in [1.29, 1.82) is 0 Å². The zero-order chi connectivity index (χ0) is 17.8. The second-order valence-corrected chi connectivity index (χ2v) is 5.28. The molecule has 1 N–H and O–H groups in total. The number of anilines is 1. The van der Waals surface area contributed by atoms with Gasteiger partial charge in [-0.25, -0.2) is 14.1 Å². The molecule has 3 rings (SSSR count). The van der Waals surface area contributed by atoms with E-state index in [4.69, 9.17) is 4.74 Å². The van der Waals surface area contributed by atoms with E-state index < -0.39 is 5.91 Å². The van der Waals surface area contributed by atoms with Crippen molar-refractivity contribution in [2.45, 2.75) is 13.8 Å². The van der Waals surface area contributed by atoms with E-state index in [9.17, 15) is 9.18 Å². The van der Waals surface area contributed by atoms with Crippen LogP contribution in [0.15, 0.2) is 48.5 Å². The zero-order valence-corrected chi connectivity index (χ0v) is 13.9. The minimum atomic E-state index is -0.423. The van der Waals surface area contributed by atoms with E-state index in [0.29, 0.717) is 23.8 Å². The third-order valence-electron chi connectivity index (χ3n) is 3.47. The number of halogens is 1. The SMILES string of the molecule is CCOc1ccc(NC(=O)c2nc(C)n(-c3ccc(F)cc3)n2)cc1. The van der Waals surface area contributed by atoms with Crippen LogP contribution in [-0.4, -0.2) is 27.3 Å². The molecule has 1 amide bonds. The molecule has 0 spiro atoms. The molecule has 0 saturated carbocycles. The molecule has 0 saturated heterocycles. The van der Waals surface area contributed by atoms with Crippen LogP contribution in [0, 0.1) is 12.7 Å². The molecule has 0 atom stereocenters. The van der Waals surface area contributed by atoms with Crippen LogP contribution in [0.3, 0.4) is 0 Å². The molecule has 0 aliphatic rings. The average molecular weight is 340 g/mol. The lowest BCUT2D eigenvalue weighted by atomic mass is 10.3. The Hall–Kier alpha value is -3.22. The van der Waals surface area contributed by atoms with Crippen molar-refractivity contribution in [2.75, 3.05) is 11.9 Å². The van der Waals surface area contributed by atoms with Crippen LogP contribution >= 0.6 is 0 Å². The van der Waals surface area contributed by atoms with Gasteiger partial charge in [0.1, 0.15) is 17.4 Å². The third kappa shape index (κ3) is 3.82. The first kappa shape index (κ1) is 16.6. The number of aryl methyl sites for hydroxylation is 1. The molecular weight excluding hydrogens is 323 g/mol. The summed E-state index contributed by atoms with van der Waals surface area (Å²) in [5, 5.41) is 6.93. The summed E-state index contributed by atoms with van der Waals surface area (Å²) in [5.74, 6) is 0.539. The van der Waals surface area contributed by atoms with Gasteiger partial charge in [-0.05, 0) is 62.4 Å². The highest BCUT2D eigenvalue weighted by Gasteiger charge is 2.15. The lowest BCUT2D eigenvalue weighted by Gasteiger charge is -2.05. The highest BCUT2D eigenvalue weighted by atomic mass is 19.1. The second kappa shape index (κ2) is 7.12. The molecule has 1 aromatic heterocycles. The number of benzene rings is 2. The molecule has 0 bridgehead atoms. The number of rotatable bonds is 5. The first-order valence-electron chi connectivity index (χ1n) is 7.80. The predicted molar refractivity (Wildman–Crippen MR) is 91.6 cm³/mol. The average Bonchev–Trinajstić information content (AvgIpc) is 3.00. The monoisotopic (exact) mass is 340 g/mol. The summed E-state index contributed by atoms with van der Waals surface area (Å²) >= 11 is 0. The Morgan fingerprint density at radius 3 is 2.48 bits per heavy atom. The van der Waals surface area contributed by atoms with Crippen molar-refractivity contribution >= 4 is 11.6 Å². The molecule has 1 heterocycles. The number of hydrogen-bond acceptors (Lipinski definition) is 4. The van der Waals surface area contributed by atoms with Crippen molar-refractivity contribution in [2.24, 2.45) is 0 Å². The fourth-order valence-electron chi connectivity index (χ4n) is 2.30. The fraction of sp³-hybridized carbons (Fsp3) is 0.167. The summed E-state index contributed by atoms with van der Waals surface area (Å²) in [5.41, 5.74) is 1.25. The minimum Gasteiger partial charge on any atom is -0.494 e. The van der Waals surface area contributed by atoms with E-state index in [1.54, 1.807) is 43.3 Å². The van der Waals surface area contributed by atoms with E-state index in [-0.39, 0.29) is 11.6 Å². The van der Waals surface area contributed by atoms with E-state index in [1.807, 2.05) is 6.92 Å². The summed E-state index contributed by atoms with van der Waals surface area (Å²) in [4.78, 5) is 16.5. The summed E-state index contributed by atoms with van der Waals surface area (Å²) in [6.07, 6.45) is 0. The van der Waals surface area contributed by atoms with Gasteiger partial charge >= 0.3 is 0 Å². The summed E-state index contributed by atoms with van der Waals surface area (Å²) in [7, 11) is 0. The molecule has 0 unspecified atom stereocenters. The van der Waals surface area contributed by atoms with E-state index in [0.717, 1.165) is 5.75 Å². The largest absolute Gasteiger partial charge is 0.494 e. The van der Waals surface area contributed by atoms with Crippen molar-refractivity contribution in [3.63, 3.8) is 0 Å². The van der Waals surface area contributed by atoms with Gasteiger partial charge in [0.15, 0.2) is 0 Å². The van der Waals surface area contributed by atoms with Gasteiger partial charge in [0, 0.05) is 5.69 Å². The van der Waals surface area contributed by atoms with Crippen LogP contribution in [0.5, 0.6) is 5.75 Å². The van der Waals surface area contributed by atoms with Crippen molar-refractivity contribution < 1.29 is 13.9 Å². The van der Waals surface area contributed by atoms with E-state index >= 15 is 0 Å². The molecule has 0 fully saturated rings. The van der Waals surface area contributed by atoms with Crippen LogP contribution in [0.2, 0.25) is 0 Å². The summed E-state index contributed by atoms with van der Waals surface area (Å²) in [6.45, 7) is 4.21. The number of hydrogen-bond donors (Lipinski definition) is 1. The maximum Gasteiger partial charge on any atom is 0.295 e. The zero-order valence-electron chi connectivity index (χ0n) is 13.9. The molecule has 0 aliphatic heterocycles. The molecule has 0 aliphatic carbocycles. The topological polar surface area (TPSA) is 69.0 Å². The van der Waals surface area contributed by atoms with Crippen molar-refractivity contribution in [1.82, 2.24) is 14.8 Å². The highest BCUT2D eigenvalue weighted by molar-refractivity contribution is 6.01. The lowest BCUT2D eigenvalue weighted by Crippen LogP contribution is -2.14. The molecule has 128 valence electrons. The Balaban J connectivity index is 1.76. The predicted octanol–water partition coefficient (Wildman–Crippen LogP) is 3.37. The van der Waals surface area contributed by atoms with Crippen molar-refractivity contribution in [3.05, 3.63) is 66.0 Å². The van der Waals surface area contributed by atoms with Gasteiger partial charge in [-0.1, -0.05) is 0 Å². The number of aromatic nitrogens is 3. The number of nitrogens with zero attached hydrogens (tertiary/aromatic N) is 3. The molecule has 25 heavy (non-hydrogen) atoms. The van der Waals surface area contributed by atoms with Crippen LogP contribution in [0.25, 0.3) is 5.69 Å². The van der Waals surface area contributed by atoms with Crippen LogP contribution in [0.1, 0.15) is 23.4 Å². The van der Waals surface area contributed by atoms with Gasteiger partial charge in [-0.2, -0.15) is 0 Å². The maximum absolute atomic E-state index is 13.0. The summed E-state index contributed by atoms with van der Waals surface area (Å²) < 4.78 is 19.9. The van der Waals surface area contributed by atoms with Gasteiger partial charge in [-0.15, -0.1) is 5.10 Å². The molecular formula is C18H17FN4O2. The van der Waals surface area contributed by atoms with Gasteiger partial charge in [-0.3, -0.25) is 4.79 Å². The van der Waals surface area contributed by atoms with Crippen LogP contribution in [-0.2, 0) is 0 Å². The minimum absolute atomic E-state index is 0.0377.